The number of hydrogen-bond acceptors (Lipinski definition) is 0. The molecule has 20 heavy (non-hydrogen) atoms. The molecule has 0 spiro atoms. The Morgan fingerprint density at radius 1 is 0.600 bits per heavy atom. The molecule has 1 rings (SSSR count). The Hall–Kier alpha value is 0.860. The molecule has 0 aromatic rings. The topological polar surface area (TPSA) is 0 Å². The van der Waals surface area contributed by atoms with Crippen molar-refractivity contribution < 1.29 is 0 Å². The lowest BCUT2D eigenvalue weighted by Crippen LogP contribution is -2.31. The maximum Gasteiger partial charge on any atom is 0.0106 e. The highest BCUT2D eigenvalue weighted by Gasteiger charge is 2.43. The molecule has 0 radical (unpaired) electrons. The molecule has 0 saturated heterocycles. The number of rotatable bonds is 10. The first kappa shape index (κ1) is 18.9. The van der Waals surface area contributed by atoms with Crippen molar-refractivity contribution >= 4 is 15.8 Å². The Balaban J connectivity index is 2.96. The van der Waals surface area contributed by atoms with E-state index in [-0.39, 0.29) is 0 Å². The van der Waals surface area contributed by atoms with Crippen molar-refractivity contribution in [2.45, 2.75) is 90.4 Å². The molecule has 1 aliphatic rings. The highest BCUT2D eigenvalue weighted by atomic mass is 31.2. The third-order valence-electron chi connectivity index (χ3n) is 4.81. The van der Waals surface area contributed by atoms with E-state index in [1.807, 2.05) is 0 Å². The molecule has 0 aliphatic heterocycles. The molecule has 0 aromatic carbocycles. The quantitative estimate of drug-likeness (QED) is 0.372. The summed E-state index contributed by atoms with van der Waals surface area (Å²) in [5.41, 5.74) is 0. The van der Waals surface area contributed by atoms with Gasteiger partial charge in [-0.05, 0) is 37.5 Å². The van der Waals surface area contributed by atoms with Gasteiger partial charge in [0.25, 0.3) is 0 Å². The Morgan fingerprint density at radius 3 is 1.25 bits per heavy atom. The highest BCUT2D eigenvalue weighted by molar-refractivity contribution is 7.77. The molecule has 0 atom stereocenters. The van der Waals surface area contributed by atoms with Gasteiger partial charge in [-0.25, -0.2) is 0 Å². The lowest BCUT2D eigenvalue weighted by molar-refractivity contribution is 0.476. The molecule has 0 aromatic heterocycles. The van der Waals surface area contributed by atoms with E-state index in [0.29, 0.717) is 15.8 Å². The van der Waals surface area contributed by atoms with Gasteiger partial charge in [0.1, 0.15) is 0 Å². The molecule has 0 unspecified atom stereocenters. The van der Waals surface area contributed by atoms with Crippen molar-refractivity contribution in [2.75, 3.05) is 24.6 Å². The monoisotopic (exact) mass is 316 g/mol. The van der Waals surface area contributed by atoms with Gasteiger partial charge in [0, 0.05) is 4.90 Å². The standard InChI is InChI=1S/C18H38P2/c1-5-14-19(15-6-2)18(12-10-9-11-13-18)20(16-7-3)17-8-4/h5-17H2,1-4H3. The molecule has 0 nitrogen and oxygen atoms in total. The van der Waals surface area contributed by atoms with Crippen molar-refractivity contribution in [1.82, 2.24) is 0 Å². The van der Waals surface area contributed by atoms with E-state index in [4.69, 9.17) is 0 Å². The van der Waals surface area contributed by atoms with Crippen molar-refractivity contribution in [1.29, 1.82) is 0 Å². The first-order valence-corrected chi connectivity index (χ1v) is 12.7. The minimum absolute atomic E-state index is 0.303. The van der Waals surface area contributed by atoms with Crippen LogP contribution >= 0.6 is 15.8 Å². The van der Waals surface area contributed by atoms with E-state index in [1.165, 1.54) is 32.1 Å². The summed E-state index contributed by atoms with van der Waals surface area (Å²) in [6.45, 7) is 9.68. The molecule has 1 fully saturated rings. The third kappa shape index (κ3) is 4.95. The Labute approximate surface area is 131 Å². The zero-order valence-corrected chi connectivity index (χ0v) is 16.4. The number of hydrogen-bond donors (Lipinski definition) is 0. The SMILES string of the molecule is CCCP(CCC)C1(P(CCC)CCC)CCCCC1. The van der Waals surface area contributed by atoms with Crippen molar-refractivity contribution in [3.63, 3.8) is 0 Å². The second kappa shape index (κ2) is 10.6. The van der Waals surface area contributed by atoms with Crippen LogP contribution in [0.1, 0.15) is 85.5 Å². The van der Waals surface area contributed by atoms with Crippen LogP contribution in [0.2, 0.25) is 0 Å². The zero-order chi connectivity index (χ0) is 14.8. The van der Waals surface area contributed by atoms with Gasteiger partial charge in [-0.1, -0.05) is 88.5 Å². The molecular formula is C18H38P2. The Kier molecular flexibility index (Phi) is 9.99. The summed E-state index contributed by atoms with van der Waals surface area (Å²) >= 11 is 0. The maximum atomic E-state index is 2.42. The van der Waals surface area contributed by atoms with Crippen LogP contribution in [0.15, 0.2) is 0 Å². The zero-order valence-electron chi connectivity index (χ0n) is 14.6. The van der Waals surface area contributed by atoms with E-state index >= 15 is 0 Å². The van der Waals surface area contributed by atoms with E-state index < -0.39 is 0 Å². The highest BCUT2D eigenvalue weighted by Crippen LogP contribution is 2.72. The lowest BCUT2D eigenvalue weighted by Gasteiger charge is -2.50. The largest absolute Gasteiger partial charge is 0.0959 e. The molecule has 2 heteroatoms. The molecule has 0 amide bonds. The van der Waals surface area contributed by atoms with Crippen LogP contribution in [0.4, 0.5) is 0 Å². The summed E-state index contributed by atoms with van der Waals surface area (Å²) in [4.78, 5) is 0.848. The van der Waals surface area contributed by atoms with Gasteiger partial charge in [0.15, 0.2) is 0 Å². The fourth-order valence-electron chi connectivity index (χ4n) is 4.09. The molecular weight excluding hydrogens is 278 g/mol. The van der Waals surface area contributed by atoms with Crippen LogP contribution < -0.4 is 0 Å². The normalized spacial score (nSPS) is 18.9. The van der Waals surface area contributed by atoms with Gasteiger partial charge in [0.2, 0.25) is 0 Å². The van der Waals surface area contributed by atoms with Crippen LogP contribution in [-0.4, -0.2) is 29.5 Å². The predicted molar refractivity (Wildman–Crippen MR) is 100 cm³/mol. The smallest absolute Gasteiger partial charge is 0.0106 e. The van der Waals surface area contributed by atoms with Crippen LogP contribution in [0.5, 0.6) is 0 Å². The summed E-state index contributed by atoms with van der Waals surface area (Å²) in [7, 11) is 0.606. The van der Waals surface area contributed by atoms with Gasteiger partial charge in [0.05, 0.1) is 0 Å². The lowest BCUT2D eigenvalue weighted by atomic mass is 9.99. The van der Waals surface area contributed by atoms with Gasteiger partial charge >= 0.3 is 0 Å². The van der Waals surface area contributed by atoms with Crippen LogP contribution in [0.25, 0.3) is 0 Å². The van der Waals surface area contributed by atoms with Gasteiger partial charge in [-0.15, -0.1) is 0 Å². The van der Waals surface area contributed by atoms with E-state index in [9.17, 15) is 0 Å². The van der Waals surface area contributed by atoms with E-state index in [0.717, 1.165) is 4.90 Å². The average Bonchev–Trinajstić information content (AvgIpc) is 2.47. The van der Waals surface area contributed by atoms with Crippen molar-refractivity contribution in [2.24, 2.45) is 0 Å². The summed E-state index contributed by atoms with van der Waals surface area (Å²) in [6.07, 6.45) is 19.8. The second-order valence-corrected chi connectivity index (χ2v) is 12.5. The summed E-state index contributed by atoms with van der Waals surface area (Å²) in [5.74, 6) is 0. The Morgan fingerprint density at radius 2 is 0.950 bits per heavy atom. The van der Waals surface area contributed by atoms with E-state index in [1.54, 1.807) is 50.3 Å². The molecule has 1 aliphatic carbocycles. The maximum absolute atomic E-state index is 2.42. The van der Waals surface area contributed by atoms with Crippen molar-refractivity contribution in [3.05, 3.63) is 0 Å². The minimum atomic E-state index is 0.303. The van der Waals surface area contributed by atoms with Crippen LogP contribution in [-0.2, 0) is 0 Å². The first-order valence-electron chi connectivity index (χ1n) is 9.25. The second-order valence-electron chi connectivity index (χ2n) is 6.52. The molecule has 0 heterocycles. The van der Waals surface area contributed by atoms with Crippen molar-refractivity contribution in [3.8, 4) is 0 Å². The fourth-order valence-corrected chi connectivity index (χ4v) is 13.1. The van der Waals surface area contributed by atoms with Gasteiger partial charge in [-0.3, -0.25) is 0 Å². The summed E-state index contributed by atoms with van der Waals surface area (Å²) in [5, 5.41) is 0. The third-order valence-corrected chi connectivity index (χ3v) is 13.7. The van der Waals surface area contributed by atoms with Gasteiger partial charge < -0.3 is 0 Å². The van der Waals surface area contributed by atoms with Gasteiger partial charge in [-0.2, -0.15) is 0 Å². The summed E-state index contributed by atoms with van der Waals surface area (Å²) in [6, 6.07) is 0. The summed E-state index contributed by atoms with van der Waals surface area (Å²) < 4.78 is 0. The van der Waals surface area contributed by atoms with Crippen LogP contribution in [0, 0.1) is 0 Å². The van der Waals surface area contributed by atoms with E-state index in [2.05, 4.69) is 27.7 Å². The molecule has 1 saturated carbocycles. The minimum Gasteiger partial charge on any atom is -0.0959 e. The fraction of sp³-hybridized carbons (Fsp3) is 1.00. The average molecular weight is 316 g/mol. The molecule has 0 bridgehead atoms. The van der Waals surface area contributed by atoms with Crippen LogP contribution in [0.3, 0.4) is 0 Å². The predicted octanol–water partition coefficient (Wildman–Crippen LogP) is 7.25. The first-order chi connectivity index (χ1) is 9.75. The molecule has 0 N–H and O–H groups in total. The molecule has 120 valence electrons. The Bertz CT molecular complexity index is 204.